The first-order chi connectivity index (χ1) is 7.14. The van der Waals surface area contributed by atoms with E-state index >= 15 is 0 Å². The Morgan fingerprint density at radius 1 is 1.25 bits per heavy atom. The number of aliphatic hydroxyl groups excluding tert-OH is 1. The molecule has 0 spiro atoms. The molecule has 96 valence electrons. The quantitative estimate of drug-likeness (QED) is 0.774. The van der Waals surface area contributed by atoms with Gasteiger partial charge in [-0.1, -0.05) is 13.8 Å². The Balaban J connectivity index is 2.86. The lowest BCUT2D eigenvalue weighted by Gasteiger charge is -2.39. The topological polar surface area (TPSA) is 41.5 Å². The van der Waals surface area contributed by atoms with Gasteiger partial charge >= 0.3 is 0 Å². The molecule has 0 aromatic carbocycles. The number of aliphatic hydroxyl groups is 1. The van der Waals surface area contributed by atoms with Gasteiger partial charge in [-0.3, -0.25) is 0 Å². The summed E-state index contributed by atoms with van der Waals surface area (Å²) in [4.78, 5) is 0. The Bertz CT molecular complexity index is 248. The van der Waals surface area contributed by atoms with Crippen molar-refractivity contribution in [3.63, 3.8) is 0 Å². The summed E-state index contributed by atoms with van der Waals surface area (Å²) in [5.41, 5.74) is -0.822. The molecule has 16 heavy (non-hydrogen) atoms. The molecule has 0 amide bonds. The molecule has 1 saturated heterocycles. The zero-order valence-corrected chi connectivity index (χ0v) is 11.6. The van der Waals surface area contributed by atoms with Crippen LogP contribution >= 0.6 is 0 Å². The molecule has 1 aliphatic rings. The van der Waals surface area contributed by atoms with E-state index in [1.165, 1.54) is 0 Å². The van der Waals surface area contributed by atoms with Gasteiger partial charge in [0.25, 0.3) is 0 Å². The van der Waals surface area contributed by atoms with Crippen LogP contribution in [0.4, 0.5) is 0 Å². The summed E-state index contributed by atoms with van der Waals surface area (Å²) in [5, 5.41) is 13.3. The summed E-state index contributed by atoms with van der Waals surface area (Å²) in [6, 6.07) is 0. The van der Waals surface area contributed by atoms with Gasteiger partial charge in [-0.05, 0) is 46.6 Å². The predicted octanol–water partition coefficient (Wildman–Crippen LogP) is 1.94. The zero-order chi connectivity index (χ0) is 12.6. The number of hydrogen-bond donors (Lipinski definition) is 2. The van der Waals surface area contributed by atoms with Gasteiger partial charge in [0.1, 0.15) is 0 Å². The van der Waals surface area contributed by atoms with Crippen LogP contribution in [-0.2, 0) is 4.74 Å². The van der Waals surface area contributed by atoms with Gasteiger partial charge in [-0.2, -0.15) is 0 Å². The fraction of sp³-hybridized carbons (Fsp3) is 1.00. The molecular weight excluding hydrogens is 202 g/mol. The lowest BCUT2D eigenvalue weighted by atomic mass is 9.79. The Morgan fingerprint density at radius 3 is 2.12 bits per heavy atom. The lowest BCUT2D eigenvalue weighted by molar-refractivity contribution is -0.0898. The third kappa shape index (κ3) is 2.58. The van der Waals surface area contributed by atoms with E-state index in [0.717, 1.165) is 13.0 Å². The van der Waals surface area contributed by atoms with Crippen molar-refractivity contribution in [2.24, 2.45) is 5.92 Å². The van der Waals surface area contributed by atoms with Crippen LogP contribution in [0.15, 0.2) is 0 Å². The summed E-state index contributed by atoms with van der Waals surface area (Å²) >= 11 is 0. The molecule has 0 aromatic rings. The summed E-state index contributed by atoms with van der Waals surface area (Å²) < 4.78 is 6.05. The van der Waals surface area contributed by atoms with Gasteiger partial charge < -0.3 is 15.2 Å². The van der Waals surface area contributed by atoms with Gasteiger partial charge in [-0.25, -0.2) is 0 Å². The van der Waals surface area contributed by atoms with Crippen molar-refractivity contribution in [3.8, 4) is 0 Å². The first-order valence-corrected chi connectivity index (χ1v) is 6.20. The predicted molar refractivity (Wildman–Crippen MR) is 66.5 cm³/mol. The van der Waals surface area contributed by atoms with Crippen LogP contribution in [0.1, 0.15) is 48.0 Å². The lowest BCUT2D eigenvalue weighted by Crippen LogP contribution is -2.60. The van der Waals surface area contributed by atoms with Crippen molar-refractivity contribution in [1.29, 1.82) is 0 Å². The molecule has 3 nitrogen and oxygen atoms in total. The molecule has 3 heteroatoms. The average Bonchev–Trinajstić information content (AvgIpc) is 2.27. The standard InChI is InChI=1S/C13H27NO2/c1-10(2)7-14-13(9-15)8-11(3,4)16-12(13,5)6/h10,14-15H,7-9H2,1-6H3. The number of ether oxygens (including phenoxy) is 1. The van der Waals surface area contributed by atoms with Crippen LogP contribution in [0.25, 0.3) is 0 Å². The van der Waals surface area contributed by atoms with E-state index in [2.05, 4.69) is 46.9 Å². The molecule has 0 aromatic heterocycles. The van der Waals surface area contributed by atoms with Gasteiger partial charge in [0, 0.05) is 0 Å². The van der Waals surface area contributed by atoms with E-state index in [-0.39, 0.29) is 23.3 Å². The average molecular weight is 229 g/mol. The van der Waals surface area contributed by atoms with Crippen LogP contribution in [0.5, 0.6) is 0 Å². The van der Waals surface area contributed by atoms with Crippen LogP contribution in [0.3, 0.4) is 0 Å². The minimum absolute atomic E-state index is 0.121. The number of hydrogen-bond acceptors (Lipinski definition) is 3. The maximum atomic E-state index is 9.75. The van der Waals surface area contributed by atoms with Gasteiger partial charge in [-0.15, -0.1) is 0 Å². The number of nitrogens with one attached hydrogen (secondary N) is 1. The molecule has 0 bridgehead atoms. The second-order valence-electron chi connectivity index (χ2n) is 6.56. The molecule has 1 atom stereocenters. The van der Waals surface area contributed by atoms with Crippen molar-refractivity contribution in [2.75, 3.05) is 13.2 Å². The smallest absolute Gasteiger partial charge is 0.0838 e. The molecule has 0 saturated carbocycles. The molecular formula is C13H27NO2. The first-order valence-electron chi connectivity index (χ1n) is 6.20. The molecule has 1 rings (SSSR count). The summed E-state index contributed by atoms with van der Waals surface area (Å²) in [7, 11) is 0. The van der Waals surface area contributed by atoms with Crippen LogP contribution in [-0.4, -0.2) is 35.0 Å². The van der Waals surface area contributed by atoms with Crippen molar-refractivity contribution < 1.29 is 9.84 Å². The summed E-state index contributed by atoms with van der Waals surface area (Å²) in [6.07, 6.45) is 0.843. The van der Waals surface area contributed by atoms with E-state index in [1.54, 1.807) is 0 Å². The van der Waals surface area contributed by atoms with E-state index in [4.69, 9.17) is 4.74 Å². The second-order valence-corrected chi connectivity index (χ2v) is 6.56. The van der Waals surface area contributed by atoms with Gasteiger partial charge in [0.05, 0.1) is 23.3 Å². The SMILES string of the molecule is CC(C)CNC1(CO)CC(C)(C)OC1(C)C. The molecule has 0 aliphatic carbocycles. The van der Waals surface area contributed by atoms with Crippen molar-refractivity contribution >= 4 is 0 Å². The normalized spacial score (nSPS) is 32.2. The van der Waals surface area contributed by atoms with Gasteiger partial charge in [0.2, 0.25) is 0 Å². The Hall–Kier alpha value is -0.120. The molecule has 1 fully saturated rings. The number of rotatable bonds is 4. The fourth-order valence-electron chi connectivity index (χ4n) is 2.74. The monoisotopic (exact) mass is 229 g/mol. The first kappa shape index (κ1) is 13.9. The van der Waals surface area contributed by atoms with Crippen LogP contribution in [0, 0.1) is 5.92 Å². The Labute approximate surface area is 99.6 Å². The third-order valence-electron chi connectivity index (χ3n) is 3.53. The van der Waals surface area contributed by atoms with E-state index < -0.39 is 0 Å². The largest absolute Gasteiger partial charge is 0.394 e. The summed E-state index contributed by atoms with van der Waals surface area (Å²) in [5.74, 6) is 0.572. The summed E-state index contributed by atoms with van der Waals surface area (Å²) in [6.45, 7) is 13.7. The Kier molecular flexibility index (Phi) is 3.73. The second kappa shape index (κ2) is 4.28. The maximum absolute atomic E-state index is 9.75. The minimum atomic E-state index is -0.333. The van der Waals surface area contributed by atoms with E-state index in [1.807, 2.05) is 0 Å². The highest BCUT2D eigenvalue weighted by Gasteiger charge is 2.56. The highest BCUT2D eigenvalue weighted by molar-refractivity contribution is 5.11. The zero-order valence-electron chi connectivity index (χ0n) is 11.6. The van der Waals surface area contributed by atoms with Crippen molar-refractivity contribution in [3.05, 3.63) is 0 Å². The third-order valence-corrected chi connectivity index (χ3v) is 3.53. The maximum Gasteiger partial charge on any atom is 0.0838 e. The van der Waals surface area contributed by atoms with E-state index in [9.17, 15) is 5.11 Å². The Morgan fingerprint density at radius 2 is 1.81 bits per heavy atom. The van der Waals surface area contributed by atoms with Crippen LogP contribution < -0.4 is 5.32 Å². The van der Waals surface area contributed by atoms with Crippen molar-refractivity contribution in [1.82, 2.24) is 5.32 Å². The van der Waals surface area contributed by atoms with Crippen molar-refractivity contribution in [2.45, 2.75) is 64.7 Å². The molecule has 2 N–H and O–H groups in total. The minimum Gasteiger partial charge on any atom is -0.394 e. The van der Waals surface area contributed by atoms with E-state index in [0.29, 0.717) is 5.92 Å². The molecule has 1 unspecified atom stereocenters. The highest BCUT2D eigenvalue weighted by atomic mass is 16.5. The fourth-order valence-corrected chi connectivity index (χ4v) is 2.74. The van der Waals surface area contributed by atoms with Crippen LogP contribution in [0.2, 0.25) is 0 Å². The highest BCUT2D eigenvalue weighted by Crippen LogP contribution is 2.44. The molecule has 1 heterocycles. The molecule has 1 aliphatic heterocycles. The van der Waals surface area contributed by atoms with Gasteiger partial charge in [0.15, 0.2) is 0 Å². The molecule has 0 radical (unpaired) electrons.